The fourth-order valence-corrected chi connectivity index (χ4v) is 1.79. The van der Waals surface area contributed by atoms with Gasteiger partial charge in [0.2, 0.25) is 0 Å². The first-order valence-electron chi connectivity index (χ1n) is 3.94. The van der Waals surface area contributed by atoms with E-state index in [0.717, 1.165) is 0 Å². The maximum atomic E-state index is 10.9. The Bertz CT molecular complexity index is 324. The molecule has 8 nitrogen and oxygen atoms in total. The van der Waals surface area contributed by atoms with E-state index < -0.39 is 41.4 Å². The minimum Gasteiger partial charge on any atom is -0.388 e. The molecule has 1 heterocycles. The first-order valence-corrected chi connectivity index (χ1v) is 5.28. The Kier molecular flexibility index (Phi) is 3.76. The van der Waals surface area contributed by atoms with Crippen molar-refractivity contribution in [3.8, 4) is 0 Å². The van der Waals surface area contributed by atoms with Gasteiger partial charge in [-0.25, -0.2) is 8.37 Å². The second-order valence-electron chi connectivity index (χ2n) is 2.94. The van der Waals surface area contributed by atoms with Crippen LogP contribution in [0.3, 0.4) is 0 Å². The Morgan fingerprint density at radius 1 is 1.20 bits per heavy atom. The van der Waals surface area contributed by atoms with Crippen LogP contribution in [0.1, 0.15) is 0 Å². The standard InChI is InChI=1S/C6H10O8S/c7-1-4-6(10)5(9)3(8)2-13-15(11,12)14-4/h1,3-6,8-10H,2H2/t3-,4+,5+,6-/m1/s1. The summed E-state index contributed by atoms with van der Waals surface area (Å²) in [5, 5.41) is 27.6. The normalized spacial score (nSPS) is 41.5. The molecule has 0 unspecified atom stereocenters. The lowest BCUT2D eigenvalue weighted by atomic mass is 10.0. The van der Waals surface area contributed by atoms with Gasteiger partial charge in [0.1, 0.15) is 18.3 Å². The molecule has 1 aliphatic heterocycles. The molecule has 1 fully saturated rings. The van der Waals surface area contributed by atoms with Crippen LogP contribution in [0.4, 0.5) is 0 Å². The highest BCUT2D eigenvalue weighted by molar-refractivity contribution is 7.81. The fraction of sp³-hybridized carbons (Fsp3) is 0.833. The Hall–Kier alpha value is -0.580. The van der Waals surface area contributed by atoms with E-state index in [9.17, 15) is 23.4 Å². The Balaban J connectivity index is 2.93. The van der Waals surface area contributed by atoms with Crippen molar-refractivity contribution in [3.63, 3.8) is 0 Å². The third kappa shape index (κ3) is 2.93. The van der Waals surface area contributed by atoms with Crippen molar-refractivity contribution in [3.05, 3.63) is 0 Å². The molecule has 0 saturated carbocycles. The summed E-state index contributed by atoms with van der Waals surface area (Å²) in [5.74, 6) is 0. The minimum absolute atomic E-state index is 0.00711. The molecular weight excluding hydrogens is 232 g/mol. The molecule has 0 amide bonds. The summed E-state index contributed by atoms with van der Waals surface area (Å²) in [6, 6.07) is 0. The second-order valence-corrected chi connectivity index (χ2v) is 4.18. The zero-order valence-corrected chi connectivity index (χ0v) is 8.20. The zero-order valence-electron chi connectivity index (χ0n) is 7.38. The van der Waals surface area contributed by atoms with Gasteiger partial charge >= 0.3 is 10.4 Å². The van der Waals surface area contributed by atoms with Gasteiger partial charge < -0.3 is 20.1 Å². The van der Waals surface area contributed by atoms with Crippen molar-refractivity contribution in [2.24, 2.45) is 0 Å². The van der Waals surface area contributed by atoms with Crippen molar-refractivity contribution in [1.82, 2.24) is 0 Å². The number of aliphatic hydroxyl groups excluding tert-OH is 3. The van der Waals surface area contributed by atoms with Gasteiger partial charge in [-0.2, -0.15) is 8.42 Å². The first kappa shape index (κ1) is 12.5. The molecule has 0 radical (unpaired) electrons. The number of rotatable bonds is 1. The Morgan fingerprint density at radius 3 is 2.33 bits per heavy atom. The van der Waals surface area contributed by atoms with Crippen molar-refractivity contribution in [2.75, 3.05) is 6.61 Å². The van der Waals surface area contributed by atoms with Crippen LogP contribution >= 0.6 is 0 Å². The Labute approximate surface area is 85.4 Å². The molecule has 0 aromatic heterocycles. The van der Waals surface area contributed by atoms with E-state index in [1.807, 2.05) is 0 Å². The van der Waals surface area contributed by atoms with Crippen LogP contribution in [0.15, 0.2) is 0 Å². The Morgan fingerprint density at radius 2 is 1.80 bits per heavy atom. The lowest BCUT2D eigenvalue weighted by Crippen LogP contribution is -2.50. The fourth-order valence-electron chi connectivity index (χ4n) is 0.998. The number of hydrogen-bond donors (Lipinski definition) is 3. The van der Waals surface area contributed by atoms with Crippen LogP contribution in [0, 0.1) is 0 Å². The molecule has 0 aromatic carbocycles. The minimum atomic E-state index is -4.46. The monoisotopic (exact) mass is 242 g/mol. The lowest BCUT2D eigenvalue weighted by molar-refractivity contribution is -0.138. The average Bonchev–Trinajstić information content (AvgIpc) is 2.19. The predicted molar refractivity (Wildman–Crippen MR) is 43.8 cm³/mol. The van der Waals surface area contributed by atoms with Gasteiger partial charge in [0, 0.05) is 0 Å². The number of carbonyl (C=O) groups is 1. The highest BCUT2D eigenvalue weighted by Gasteiger charge is 2.38. The van der Waals surface area contributed by atoms with Crippen molar-refractivity contribution in [2.45, 2.75) is 24.4 Å². The maximum absolute atomic E-state index is 10.9. The summed E-state index contributed by atoms with van der Waals surface area (Å²) in [5.41, 5.74) is 0. The van der Waals surface area contributed by atoms with E-state index >= 15 is 0 Å². The molecule has 1 rings (SSSR count). The van der Waals surface area contributed by atoms with Gasteiger partial charge in [0.15, 0.2) is 12.4 Å². The number of hydrogen-bond acceptors (Lipinski definition) is 8. The molecule has 3 N–H and O–H groups in total. The highest BCUT2D eigenvalue weighted by atomic mass is 32.3. The molecule has 1 aliphatic rings. The topological polar surface area (TPSA) is 130 Å². The molecule has 0 bridgehead atoms. The van der Waals surface area contributed by atoms with Crippen LogP contribution in [0.2, 0.25) is 0 Å². The summed E-state index contributed by atoms with van der Waals surface area (Å²) < 4.78 is 30.0. The third-order valence-electron chi connectivity index (χ3n) is 1.83. The smallest absolute Gasteiger partial charge is 0.388 e. The lowest BCUT2D eigenvalue weighted by Gasteiger charge is -2.28. The van der Waals surface area contributed by atoms with Crippen LogP contribution in [-0.2, 0) is 23.6 Å². The van der Waals surface area contributed by atoms with Crippen LogP contribution in [0.25, 0.3) is 0 Å². The van der Waals surface area contributed by atoms with Crippen molar-refractivity contribution in [1.29, 1.82) is 0 Å². The first-order chi connectivity index (χ1) is 6.87. The summed E-state index contributed by atoms with van der Waals surface area (Å²) >= 11 is 0. The zero-order chi connectivity index (χ0) is 11.6. The van der Waals surface area contributed by atoms with E-state index in [1.54, 1.807) is 0 Å². The van der Waals surface area contributed by atoms with Gasteiger partial charge in [-0.1, -0.05) is 0 Å². The molecular formula is C6H10O8S. The predicted octanol–water partition coefficient (Wildman–Crippen LogP) is -3.07. The number of aldehydes is 1. The molecule has 0 aliphatic carbocycles. The van der Waals surface area contributed by atoms with Gasteiger partial charge in [0.05, 0.1) is 6.61 Å². The largest absolute Gasteiger partial charge is 0.400 e. The maximum Gasteiger partial charge on any atom is 0.400 e. The molecule has 9 heteroatoms. The molecule has 88 valence electrons. The summed E-state index contributed by atoms with van der Waals surface area (Å²) in [6.07, 6.45) is -7.00. The second kappa shape index (κ2) is 4.51. The third-order valence-corrected chi connectivity index (χ3v) is 2.71. The average molecular weight is 242 g/mol. The van der Waals surface area contributed by atoms with Gasteiger partial charge in [-0.3, -0.25) is 0 Å². The summed E-state index contributed by atoms with van der Waals surface area (Å²) in [4.78, 5) is 10.4. The highest BCUT2D eigenvalue weighted by Crippen LogP contribution is 2.15. The van der Waals surface area contributed by atoms with E-state index in [2.05, 4.69) is 8.37 Å². The van der Waals surface area contributed by atoms with Gasteiger partial charge in [-0.15, -0.1) is 0 Å². The van der Waals surface area contributed by atoms with Gasteiger partial charge in [0.25, 0.3) is 0 Å². The summed E-state index contributed by atoms with van der Waals surface area (Å²) in [7, 11) is -4.46. The molecule has 0 spiro atoms. The van der Waals surface area contributed by atoms with Crippen molar-refractivity contribution < 1.29 is 36.9 Å². The van der Waals surface area contributed by atoms with Crippen LogP contribution in [-0.4, -0.2) is 61.0 Å². The molecule has 1 saturated heterocycles. The quantitative estimate of drug-likeness (QED) is 0.413. The molecule has 0 aromatic rings. The number of aliphatic hydroxyl groups is 3. The van der Waals surface area contributed by atoms with E-state index in [0.29, 0.717) is 0 Å². The van der Waals surface area contributed by atoms with Crippen LogP contribution in [0.5, 0.6) is 0 Å². The van der Waals surface area contributed by atoms with Crippen molar-refractivity contribution >= 4 is 16.7 Å². The molecule has 15 heavy (non-hydrogen) atoms. The van der Waals surface area contributed by atoms with Gasteiger partial charge in [-0.05, 0) is 0 Å². The summed E-state index contributed by atoms with van der Waals surface area (Å²) in [6.45, 7) is -0.758. The van der Waals surface area contributed by atoms with Crippen LogP contribution < -0.4 is 0 Å². The van der Waals surface area contributed by atoms with E-state index in [4.69, 9.17) is 5.11 Å². The van der Waals surface area contributed by atoms with E-state index in [1.165, 1.54) is 0 Å². The number of carbonyl (C=O) groups excluding carboxylic acids is 1. The molecule has 4 atom stereocenters. The SMILES string of the molecule is O=C[C@@H]1OS(=O)(=O)OC[C@@H](O)[C@H](O)[C@@H]1O. The van der Waals surface area contributed by atoms with E-state index in [-0.39, 0.29) is 6.29 Å².